The van der Waals surface area contributed by atoms with E-state index in [1.54, 1.807) is 7.05 Å². The quantitative estimate of drug-likeness (QED) is 0.489. The van der Waals surface area contributed by atoms with Gasteiger partial charge in [-0.15, -0.1) is 0 Å². The van der Waals surface area contributed by atoms with Gasteiger partial charge < -0.3 is 24.8 Å². The maximum Gasteiger partial charge on any atom is 0.191 e. The zero-order valence-electron chi connectivity index (χ0n) is 15.4. The molecule has 7 heteroatoms. The Balaban J connectivity index is 1.59. The fourth-order valence-electron chi connectivity index (χ4n) is 2.95. The van der Waals surface area contributed by atoms with Crippen LogP contribution in [-0.2, 0) is 14.2 Å². The van der Waals surface area contributed by atoms with E-state index in [0.717, 1.165) is 65.0 Å². The Morgan fingerprint density at radius 2 is 2.04 bits per heavy atom. The summed E-state index contributed by atoms with van der Waals surface area (Å²) >= 11 is 0. The molecule has 2 N–H and O–H groups in total. The number of rotatable bonds is 8. The van der Waals surface area contributed by atoms with Crippen LogP contribution in [0.2, 0.25) is 0 Å². The SMILES string of the molecule is CN=C(NCC(C)CN1CCOCC1)NC(C)COC1CCOC1. The second-order valence-electron chi connectivity index (χ2n) is 6.84. The molecule has 3 atom stereocenters. The minimum atomic E-state index is 0.214. The van der Waals surface area contributed by atoms with Crippen molar-refractivity contribution in [2.24, 2.45) is 10.9 Å². The summed E-state index contributed by atoms with van der Waals surface area (Å²) in [6.07, 6.45) is 1.25. The highest BCUT2D eigenvalue weighted by molar-refractivity contribution is 5.79. The molecule has 0 aromatic heterocycles. The van der Waals surface area contributed by atoms with Crippen LogP contribution in [0.25, 0.3) is 0 Å². The first-order valence-corrected chi connectivity index (χ1v) is 9.14. The third-order valence-corrected chi connectivity index (χ3v) is 4.37. The first-order chi connectivity index (χ1) is 11.7. The Labute approximate surface area is 146 Å². The molecule has 0 saturated carbocycles. The average Bonchev–Trinajstić information content (AvgIpc) is 3.11. The van der Waals surface area contributed by atoms with E-state index in [4.69, 9.17) is 14.2 Å². The Morgan fingerprint density at radius 3 is 2.71 bits per heavy atom. The molecule has 2 saturated heterocycles. The highest BCUT2D eigenvalue weighted by Crippen LogP contribution is 2.08. The monoisotopic (exact) mass is 342 g/mol. The molecule has 0 aromatic carbocycles. The smallest absolute Gasteiger partial charge is 0.191 e. The van der Waals surface area contributed by atoms with Gasteiger partial charge in [0, 0.05) is 45.9 Å². The lowest BCUT2D eigenvalue weighted by Crippen LogP contribution is -2.47. The number of ether oxygens (including phenoxy) is 3. The van der Waals surface area contributed by atoms with Crippen LogP contribution in [0, 0.1) is 5.92 Å². The van der Waals surface area contributed by atoms with Gasteiger partial charge in [-0.25, -0.2) is 0 Å². The molecule has 2 rings (SSSR count). The summed E-state index contributed by atoms with van der Waals surface area (Å²) in [4.78, 5) is 6.77. The van der Waals surface area contributed by atoms with Gasteiger partial charge in [0.25, 0.3) is 0 Å². The number of aliphatic imine (C=N–C) groups is 1. The maximum atomic E-state index is 5.85. The molecule has 7 nitrogen and oxygen atoms in total. The molecule has 24 heavy (non-hydrogen) atoms. The summed E-state index contributed by atoms with van der Waals surface area (Å²) in [5, 5.41) is 6.81. The van der Waals surface area contributed by atoms with Gasteiger partial charge in [-0.1, -0.05) is 6.92 Å². The summed E-state index contributed by atoms with van der Waals surface area (Å²) in [5.41, 5.74) is 0. The molecule has 2 aliphatic rings. The van der Waals surface area contributed by atoms with Gasteiger partial charge in [0.05, 0.1) is 32.5 Å². The molecule has 0 radical (unpaired) electrons. The Morgan fingerprint density at radius 1 is 1.25 bits per heavy atom. The van der Waals surface area contributed by atoms with Gasteiger partial charge in [0.15, 0.2) is 5.96 Å². The maximum absolute atomic E-state index is 5.85. The van der Waals surface area contributed by atoms with Crippen molar-refractivity contribution in [3.8, 4) is 0 Å². The van der Waals surface area contributed by atoms with Crippen molar-refractivity contribution in [2.45, 2.75) is 32.4 Å². The molecule has 0 aromatic rings. The van der Waals surface area contributed by atoms with E-state index in [2.05, 4.69) is 34.4 Å². The predicted molar refractivity (Wildman–Crippen MR) is 95.6 cm³/mol. The molecule has 2 fully saturated rings. The summed E-state index contributed by atoms with van der Waals surface area (Å²) in [5.74, 6) is 1.39. The van der Waals surface area contributed by atoms with Crippen molar-refractivity contribution >= 4 is 5.96 Å². The highest BCUT2D eigenvalue weighted by atomic mass is 16.5. The number of morpholine rings is 1. The molecule has 0 spiro atoms. The van der Waals surface area contributed by atoms with Crippen LogP contribution in [0.1, 0.15) is 20.3 Å². The van der Waals surface area contributed by atoms with E-state index >= 15 is 0 Å². The summed E-state index contributed by atoms with van der Waals surface area (Å²) in [7, 11) is 1.81. The molecule has 0 amide bonds. The minimum absolute atomic E-state index is 0.214. The van der Waals surface area contributed by atoms with Crippen LogP contribution < -0.4 is 10.6 Å². The fraction of sp³-hybridized carbons (Fsp3) is 0.941. The van der Waals surface area contributed by atoms with E-state index in [-0.39, 0.29) is 12.1 Å². The zero-order valence-corrected chi connectivity index (χ0v) is 15.4. The Kier molecular flexibility index (Phi) is 8.80. The average molecular weight is 342 g/mol. The molecule has 2 aliphatic heterocycles. The van der Waals surface area contributed by atoms with Crippen molar-refractivity contribution in [2.75, 3.05) is 66.3 Å². The highest BCUT2D eigenvalue weighted by Gasteiger charge is 2.18. The number of guanidine groups is 1. The van der Waals surface area contributed by atoms with Crippen LogP contribution in [0.15, 0.2) is 4.99 Å². The molecule has 140 valence electrons. The van der Waals surface area contributed by atoms with Gasteiger partial charge >= 0.3 is 0 Å². The molecular weight excluding hydrogens is 308 g/mol. The van der Waals surface area contributed by atoms with Crippen molar-refractivity contribution in [1.82, 2.24) is 15.5 Å². The van der Waals surface area contributed by atoms with Crippen molar-refractivity contribution in [1.29, 1.82) is 0 Å². The van der Waals surface area contributed by atoms with E-state index in [1.807, 2.05) is 0 Å². The van der Waals surface area contributed by atoms with E-state index in [9.17, 15) is 0 Å². The number of hydrogen-bond donors (Lipinski definition) is 2. The second kappa shape index (κ2) is 10.9. The first-order valence-electron chi connectivity index (χ1n) is 9.14. The summed E-state index contributed by atoms with van der Waals surface area (Å²) in [6.45, 7) is 12.4. The summed E-state index contributed by atoms with van der Waals surface area (Å²) < 4.78 is 16.6. The third-order valence-electron chi connectivity index (χ3n) is 4.37. The van der Waals surface area contributed by atoms with Crippen molar-refractivity contribution in [3.05, 3.63) is 0 Å². The van der Waals surface area contributed by atoms with Gasteiger partial charge in [-0.3, -0.25) is 9.89 Å². The van der Waals surface area contributed by atoms with Crippen molar-refractivity contribution in [3.63, 3.8) is 0 Å². The van der Waals surface area contributed by atoms with Crippen LogP contribution >= 0.6 is 0 Å². The molecule has 2 heterocycles. The zero-order chi connectivity index (χ0) is 17.2. The molecule has 0 bridgehead atoms. The van der Waals surface area contributed by atoms with Crippen LogP contribution in [0.3, 0.4) is 0 Å². The van der Waals surface area contributed by atoms with Crippen LogP contribution in [0.4, 0.5) is 0 Å². The van der Waals surface area contributed by atoms with E-state index in [1.165, 1.54) is 0 Å². The van der Waals surface area contributed by atoms with Gasteiger partial charge in [0.2, 0.25) is 0 Å². The number of hydrogen-bond acceptors (Lipinski definition) is 5. The summed E-state index contributed by atoms with van der Waals surface area (Å²) in [6, 6.07) is 0.214. The van der Waals surface area contributed by atoms with E-state index in [0.29, 0.717) is 12.5 Å². The Bertz CT molecular complexity index is 369. The lowest BCUT2D eigenvalue weighted by molar-refractivity contribution is 0.0319. The van der Waals surface area contributed by atoms with Gasteiger partial charge in [0.1, 0.15) is 0 Å². The Hall–Kier alpha value is -0.890. The number of nitrogens with zero attached hydrogens (tertiary/aromatic N) is 2. The van der Waals surface area contributed by atoms with Crippen LogP contribution in [-0.4, -0.2) is 89.3 Å². The van der Waals surface area contributed by atoms with Crippen LogP contribution in [0.5, 0.6) is 0 Å². The topological polar surface area (TPSA) is 67.4 Å². The normalized spacial score (nSPS) is 25.5. The fourth-order valence-corrected chi connectivity index (χ4v) is 2.95. The minimum Gasteiger partial charge on any atom is -0.379 e. The predicted octanol–water partition coefficient (Wildman–Crippen LogP) is 0.314. The molecule has 3 unspecified atom stereocenters. The molecular formula is C17H34N4O3. The van der Waals surface area contributed by atoms with Gasteiger partial charge in [-0.05, 0) is 19.3 Å². The van der Waals surface area contributed by atoms with E-state index < -0.39 is 0 Å². The third kappa shape index (κ3) is 7.34. The first kappa shape index (κ1) is 19.4. The van der Waals surface area contributed by atoms with Gasteiger partial charge in [-0.2, -0.15) is 0 Å². The lowest BCUT2D eigenvalue weighted by Gasteiger charge is -2.29. The number of nitrogens with one attached hydrogen (secondary N) is 2. The largest absolute Gasteiger partial charge is 0.379 e. The van der Waals surface area contributed by atoms with Crippen molar-refractivity contribution < 1.29 is 14.2 Å². The second-order valence-corrected chi connectivity index (χ2v) is 6.84. The lowest BCUT2D eigenvalue weighted by atomic mass is 10.1. The standard InChI is InChI=1S/C17H34N4O3/c1-14(11-21-5-8-22-9-6-21)10-19-17(18-3)20-15(2)12-24-16-4-7-23-13-16/h14-16H,4-13H2,1-3H3,(H2,18,19,20). The molecule has 0 aliphatic carbocycles.